The second-order valence-corrected chi connectivity index (χ2v) is 3.97. The van der Waals surface area contributed by atoms with Crippen molar-refractivity contribution < 1.29 is 9.47 Å². The normalized spacial score (nSPS) is 10.6. The van der Waals surface area contributed by atoms with E-state index >= 15 is 0 Å². The Morgan fingerprint density at radius 2 is 2.11 bits per heavy atom. The monoisotopic (exact) mass is 253 g/mol. The average Bonchev–Trinajstić information content (AvgIpc) is 2.37. The Morgan fingerprint density at radius 1 is 1.28 bits per heavy atom. The van der Waals surface area contributed by atoms with Crippen LogP contribution in [0.3, 0.4) is 0 Å². The number of rotatable bonds is 9. The summed E-state index contributed by atoms with van der Waals surface area (Å²) < 4.78 is 10.9. The van der Waals surface area contributed by atoms with Crippen LogP contribution in [0.25, 0.3) is 0 Å². The lowest BCUT2D eigenvalue weighted by atomic mass is 10.3. The van der Waals surface area contributed by atoms with Crippen LogP contribution >= 0.6 is 0 Å². The summed E-state index contributed by atoms with van der Waals surface area (Å²) in [7, 11) is 0. The molecule has 0 aliphatic carbocycles. The van der Waals surface area contributed by atoms with Crippen molar-refractivity contribution in [3.63, 3.8) is 0 Å². The molecule has 0 spiro atoms. The third-order valence-corrected chi connectivity index (χ3v) is 2.36. The Hall–Kier alpha value is -1.20. The summed E-state index contributed by atoms with van der Waals surface area (Å²) in [5.41, 5.74) is 0.991. The van der Waals surface area contributed by atoms with Crippen molar-refractivity contribution in [2.24, 2.45) is 0 Å². The summed E-state index contributed by atoms with van der Waals surface area (Å²) in [5.74, 6) is 1.38. The third-order valence-electron chi connectivity index (χ3n) is 2.36. The zero-order valence-corrected chi connectivity index (χ0v) is 11.5. The molecule has 0 bridgehead atoms. The SMILES string of the molecule is CCCNCc1cnc(C)nc1OCCOCC. The molecular formula is C13H23N3O2. The van der Waals surface area contributed by atoms with Gasteiger partial charge < -0.3 is 14.8 Å². The molecule has 0 saturated carbocycles. The summed E-state index contributed by atoms with van der Waals surface area (Å²) in [6.45, 7) is 9.49. The molecular weight excluding hydrogens is 230 g/mol. The molecule has 1 N–H and O–H groups in total. The maximum Gasteiger partial charge on any atom is 0.221 e. The molecule has 0 aromatic carbocycles. The second-order valence-electron chi connectivity index (χ2n) is 3.97. The molecule has 0 amide bonds. The van der Waals surface area contributed by atoms with Crippen LogP contribution < -0.4 is 10.1 Å². The molecule has 0 saturated heterocycles. The number of aromatic nitrogens is 2. The number of hydrogen-bond donors (Lipinski definition) is 1. The van der Waals surface area contributed by atoms with E-state index in [1.165, 1.54) is 0 Å². The van der Waals surface area contributed by atoms with E-state index in [1.807, 2.05) is 20.0 Å². The van der Waals surface area contributed by atoms with E-state index in [9.17, 15) is 0 Å². The van der Waals surface area contributed by atoms with Crippen LogP contribution in [0, 0.1) is 6.92 Å². The smallest absolute Gasteiger partial charge is 0.221 e. The van der Waals surface area contributed by atoms with Gasteiger partial charge in [-0.15, -0.1) is 0 Å². The van der Waals surface area contributed by atoms with Crippen LogP contribution in [-0.2, 0) is 11.3 Å². The van der Waals surface area contributed by atoms with Crippen LogP contribution in [0.2, 0.25) is 0 Å². The van der Waals surface area contributed by atoms with Gasteiger partial charge in [0.2, 0.25) is 5.88 Å². The molecule has 0 atom stereocenters. The lowest BCUT2D eigenvalue weighted by Gasteiger charge is -2.11. The summed E-state index contributed by atoms with van der Waals surface area (Å²) in [6.07, 6.45) is 2.92. The minimum absolute atomic E-state index is 0.519. The first kappa shape index (κ1) is 14.9. The van der Waals surface area contributed by atoms with E-state index in [2.05, 4.69) is 22.2 Å². The minimum Gasteiger partial charge on any atom is -0.475 e. The summed E-state index contributed by atoms with van der Waals surface area (Å²) in [4.78, 5) is 8.52. The first-order valence-corrected chi connectivity index (χ1v) is 6.51. The topological polar surface area (TPSA) is 56.3 Å². The van der Waals surface area contributed by atoms with E-state index in [4.69, 9.17) is 9.47 Å². The van der Waals surface area contributed by atoms with Gasteiger partial charge >= 0.3 is 0 Å². The Labute approximate surface area is 109 Å². The Bertz CT molecular complexity index is 345. The van der Waals surface area contributed by atoms with Crippen LogP contribution in [0.15, 0.2) is 6.20 Å². The number of hydrogen-bond acceptors (Lipinski definition) is 5. The van der Waals surface area contributed by atoms with Crippen molar-refractivity contribution >= 4 is 0 Å². The molecule has 1 rings (SSSR count). The van der Waals surface area contributed by atoms with Crippen molar-refractivity contribution in [2.45, 2.75) is 33.7 Å². The fourth-order valence-corrected chi connectivity index (χ4v) is 1.46. The molecule has 102 valence electrons. The van der Waals surface area contributed by atoms with Crippen LogP contribution in [-0.4, -0.2) is 36.3 Å². The van der Waals surface area contributed by atoms with Gasteiger partial charge in [0.15, 0.2) is 0 Å². The predicted octanol–water partition coefficient (Wildman–Crippen LogP) is 1.70. The minimum atomic E-state index is 0.519. The molecule has 5 heteroatoms. The molecule has 0 radical (unpaired) electrons. The van der Waals surface area contributed by atoms with E-state index < -0.39 is 0 Å². The van der Waals surface area contributed by atoms with Gasteiger partial charge in [0, 0.05) is 24.9 Å². The highest BCUT2D eigenvalue weighted by molar-refractivity contribution is 5.23. The Balaban J connectivity index is 2.53. The van der Waals surface area contributed by atoms with Crippen LogP contribution in [0.4, 0.5) is 0 Å². The number of aryl methyl sites for hydroxylation is 1. The highest BCUT2D eigenvalue weighted by Crippen LogP contribution is 2.14. The summed E-state index contributed by atoms with van der Waals surface area (Å²) in [5, 5.41) is 3.32. The highest BCUT2D eigenvalue weighted by Gasteiger charge is 2.06. The van der Waals surface area contributed by atoms with Crippen LogP contribution in [0.1, 0.15) is 31.7 Å². The highest BCUT2D eigenvalue weighted by atomic mass is 16.5. The predicted molar refractivity (Wildman–Crippen MR) is 70.8 cm³/mol. The zero-order chi connectivity index (χ0) is 13.2. The zero-order valence-electron chi connectivity index (χ0n) is 11.5. The van der Waals surface area contributed by atoms with Gasteiger partial charge in [-0.2, -0.15) is 4.98 Å². The quantitative estimate of drug-likeness (QED) is 0.679. The first-order chi connectivity index (χ1) is 8.77. The van der Waals surface area contributed by atoms with Gasteiger partial charge in [-0.05, 0) is 26.8 Å². The molecule has 0 aliphatic rings. The first-order valence-electron chi connectivity index (χ1n) is 6.51. The maximum absolute atomic E-state index is 5.63. The van der Waals surface area contributed by atoms with Crippen molar-refractivity contribution in [3.05, 3.63) is 17.6 Å². The molecule has 0 unspecified atom stereocenters. The van der Waals surface area contributed by atoms with Crippen molar-refractivity contribution in [1.29, 1.82) is 0 Å². The standard InChI is InChI=1S/C13H23N3O2/c1-4-6-14-9-12-10-15-11(3)16-13(12)18-8-7-17-5-2/h10,14H,4-9H2,1-3H3. The lowest BCUT2D eigenvalue weighted by molar-refractivity contribution is 0.108. The lowest BCUT2D eigenvalue weighted by Crippen LogP contribution is -2.16. The molecule has 1 heterocycles. The molecule has 0 fully saturated rings. The van der Waals surface area contributed by atoms with E-state index in [0.717, 1.165) is 30.9 Å². The fraction of sp³-hybridized carbons (Fsp3) is 0.692. The molecule has 5 nitrogen and oxygen atoms in total. The summed E-state index contributed by atoms with van der Waals surface area (Å²) >= 11 is 0. The van der Waals surface area contributed by atoms with Gasteiger partial charge in [0.25, 0.3) is 0 Å². The van der Waals surface area contributed by atoms with Gasteiger partial charge in [0.05, 0.1) is 6.61 Å². The van der Waals surface area contributed by atoms with Gasteiger partial charge in [-0.25, -0.2) is 4.98 Å². The number of ether oxygens (including phenoxy) is 2. The van der Waals surface area contributed by atoms with E-state index in [-0.39, 0.29) is 0 Å². The van der Waals surface area contributed by atoms with Crippen LogP contribution in [0.5, 0.6) is 5.88 Å². The van der Waals surface area contributed by atoms with Gasteiger partial charge in [-0.3, -0.25) is 0 Å². The second kappa shape index (κ2) is 8.83. The van der Waals surface area contributed by atoms with Crippen molar-refractivity contribution in [1.82, 2.24) is 15.3 Å². The Kier molecular flexibility index (Phi) is 7.29. The van der Waals surface area contributed by atoms with Crippen molar-refractivity contribution in [2.75, 3.05) is 26.4 Å². The van der Waals surface area contributed by atoms with E-state index in [0.29, 0.717) is 25.7 Å². The largest absolute Gasteiger partial charge is 0.475 e. The molecule has 1 aromatic heterocycles. The molecule has 0 aliphatic heterocycles. The number of nitrogens with zero attached hydrogens (tertiary/aromatic N) is 2. The average molecular weight is 253 g/mol. The summed E-state index contributed by atoms with van der Waals surface area (Å²) in [6, 6.07) is 0. The van der Waals surface area contributed by atoms with Gasteiger partial charge in [0.1, 0.15) is 12.4 Å². The van der Waals surface area contributed by atoms with E-state index in [1.54, 1.807) is 0 Å². The fourth-order valence-electron chi connectivity index (χ4n) is 1.46. The maximum atomic E-state index is 5.63. The van der Waals surface area contributed by atoms with Gasteiger partial charge in [-0.1, -0.05) is 6.92 Å². The molecule has 18 heavy (non-hydrogen) atoms. The third kappa shape index (κ3) is 5.42. The molecule has 1 aromatic rings. The Morgan fingerprint density at radius 3 is 2.83 bits per heavy atom. The number of nitrogens with one attached hydrogen (secondary N) is 1. The van der Waals surface area contributed by atoms with Crippen molar-refractivity contribution in [3.8, 4) is 5.88 Å².